The number of hydrogen-bond donors (Lipinski definition) is 0. The highest BCUT2D eigenvalue weighted by Crippen LogP contribution is 2.58. The Kier molecular flexibility index (Phi) is 11.6. The average molecular weight is 778 g/mol. The topological polar surface area (TPSA) is 87.2 Å². The zero-order valence-corrected chi connectivity index (χ0v) is 31.9. The zero-order valence-electron chi connectivity index (χ0n) is 30.4. The molecule has 0 unspecified atom stereocenters. The Morgan fingerprint density at radius 2 is 1.79 bits per heavy atom. The van der Waals surface area contributed by atoms with Gasteiger partial charge in [0.05, 0.1) is 18.7 Å². The normalized spacial score (nSPS) is 24.2. The minimum Gasteiger partial charge on any atom is -0.493 e. The largest absolute Gasteiger partial charge is 0.493 e. The second-order valence-corrected chi connectivity index (χ2v) is 15.6. The number of alkyl halides is 3. The summed E-state index contributed by atoms with van der Waals surface area (Å²) >= 11 is 12.9. The Balaban J connectivity index is 1.35. The number of ether oxygens (including phenoxy) is 4. The minimum absolute atomic E-state index is 0.0173. The van der Waals surface area contributed by atoms with Crippen LogP contribution in [0.1, 0.15) is 87.1 Å². The molecule has 286 valence electrons. The summed E-state index contributed by atoms with van der Waals surface area (Å²) in [5.74, 6) is -1.32. The number of esters is 1. The number of fused-ring (bicyclic) bond motifs is 3. The SMILES string of the molecule is COCOc1cc2c(cc1Cl)C[C@H](C[C@@H](C)COc1ccnc3c1[C@@H](C)CCC3)C21CCC(C(=O)OC)(N(C(=O)C(F)(F)F)c2cccc(Cl)c2)CC1. The van der Waals surface area contributed by atoms with Gasteiger partial charge in [-0.15, -0.1) is 0 Å². The summed E-state index contributed by atoms with van der Waals surface area (Å²) < 4.78 is 65.7. The smallest absolute Gasteiger partial charge is 0.471 e. The molecule has 8 nitrogen and oxygen atoms in total. The third-order valence-electron chi connectivity index (χ3n) is 11.5. The van der Waals surface area contributed by atoms with Gasteiger partial charge in [0, 0.05) is 35.3 Å². The molecule has 53 heavy (non-hydrogen) atoms. The van der Waals surface area contributed by atoms with Crippen LogP contribution in [-0.2, 0) is 37.3 Å². The number of rotatable bonds is 11. The van der Waals surface area contributed by atoms with Crippen molar-refractivity contribution in [3.63, 3.8) is 0 Å². The lowest BCUT2D eigenvalue weighted by molar-refractivity contribution is -0.174. The predicted octanol–water partition coefficient (Wildman–Crippen LogP) is 9.41. The summed E-state index contributed by atoms with van der Waals surface area (Å²) in [5, 5.41) is 0.546. The van der Waals surface area contributed by atoms with E-state index >= 15 is 0 Å². The predicted molar refractivity (Wildman–Crippen MR) is 196 cm³/mol. The summed E-state index contributed by atoms with van der Waals surface area (Å²) in [4.78, 5) is 32.3. The van der Waals surface area contributed by atoms with E-state index in [0.29, 0.717) is 34.6 Å². The van der Waals surface area contributed by atoms with Gasteiger partial charge in [-0.3, -0.25) is 14.7 Å². The summed E-state index contributed by atoms with van der Waals surface area (Å²) in [6, 6.07) is 11.3. The van der Waals surface area contributed by atoms with Crippen LogP contribution >= 0.6 is 23.2 Å². The van der Waals surface area contributed by atoms with Crippen LogP contribution in [0, 0.1) is 11.8 Å². The van der Waals surface area contributed by atoms with Crippen LogP contribution < -0.4 is 14.4 Å². The Bertz CT molecular complexity index is 1830. The Morgan fingerprint density at radius 3 is 2.47 bits per heavy atom. The number of carbonyl (C=O) groups excluding carboxylic acids is 2. The third kappa shape index (κ3) is 7.58. The number of pyridine rings is 1. The number of aromatic nitrogens is 1. The maximum atomic E-state index is 14.3. The van der Waals surface area contributed by atoms with Gasteiger partial charge in [-0.25, -0.2) is 4.79 Å². The van der Waals surface area contributed by atoms with Crippen LogP contribution in [0.5, 0.6) is 11.5 Å². The number of anilines is 1. The molecular weight excluding hydrogens is 732 g/mol. The van der Waals surface area contributed by atoms with Crippen molar-refractivity contribution < 1.29 is 41.7 Å². The number of halogens is 5. The van der Waals surface area contributed by atoms with E-state index in [4.69, 9.17) is 42.1 Å². The van der Waals surface area contributed by atoms with Gasteiger partial charge in [0.2, 0.25) is 0 Å². The number of nitrogens with zero attached hydrogens (tertiary/aromatic N) is 2. The molecule has 0 aliphatic heterocycles. The number of carbonyl (C=O) groups is 2. The van der Waals surface area contributed by atoms with Gasteiger partial charge < -0.3 is 18.9 Å². The van der Waals surface area contributed by atoms with Gasteiger partial charge in [0.25, 0.3) is 0 Å². The monoisotopic (exact) mass is 776 g/mol. The fourth-order valence-electron chi connectivity index (χ4n) is 9.10. The number of aryl methyl sites for hydroxylation is 1. The van der Waals surface area contributed by atoms with Crippen LogP contribution in [0.25, 0.3) is 0 Å². The minimum atomic E-state index is -5.27. The Morgan fingerprint density at radius 1 is 1.04 bits per heavy atom. The molecule has 1 saturated carbocycles. The van der Waals surface area contributed by atoms with E-state index in [1.807, 2.05) is 18.2 Å². The van der Waals surface area contributed by atoms with E-state index in [-0.39, 0.29) is 55.0 Å². The summed E-state index contributed by atoms with van der Waals surface area (Å²) in [6.45, 7) is 4.78. The standard InChI is InChI=1S/C40H45Cl2F3N2O6/c1-24(22-52-33-11-16-46-32-10-5-7-25(2)35(32)33)17-27-18-26-19-31(42)34(53-23-50-3)21-30(26)38(27)12-14-39(15-13-38,37(49)51-4)47(36(48)40(43,44)45)29-9-6-8-28(41)20-29/h6,8-9,11,16,19-21,24-25,27H,5,7,10,12-15,17-18,22-23H2,1-4H3/t24-,25+,27+,38?,39?/m1/s1. The number of hydrogen-bond acceptors (Lipinski definition) is 7. The van der Waals surface area contributed by atoms with Gasteiger partial charge in [0.1, 0.15) is 17.0 Å². The van der Waals surface area contributed by atoms with E-state index in [1.54, 1.807) is 6.20 Å². The third-order valence-corrected chi connectivity index (χ3v) is 12.1. The molecule has 0 bridgehead atoms. The van der Waals surface area contributed by atoms with Crippen molar-refractivity contribution in [3.8, 4) is 11.5 Å². The van der Waals surface area contributed by atoms with Crippen LogP contribution in [0.4, 0.5) is 18.9 Å². The molecule has 3 aromatic rings. The lowest BCUT2D eigenvalue weighted by Gasteiger charge is -2.51. The maximum absolute atomic E-state index is 14.3. The molecule has 0 N–H and O–H groups in total. The van der Waals surface area contributed by atoms with Crippen molar-refractivity contribution in [1.29, 1.82) is 0 Å². The molecule has 1 spiro atoms. The van der Waals surface area contributed by atoms with Crippen molar-refractivity contribution in [1.82, 2.24) is 4.98 Å². The number of amides is 1. The van der Waals surface area contributed by atoms with Crippen LogP contribution in [0.2, 0.25) is 10.0 Å². The molecule has 1 aromatic heterocycles. The number of benzene rings is 2. The molecule has 3 aliphatic carbocycles. The molecule has 1 heterocycles. The summed E-state index contributed by atoms with van der Waals surface area (Å²) in [7, 11) is 2.63. The fraction of sp³-hybridized carbons (Fsp3) is 0.525. The van der Waals surface area contributed by atoms with Crippen molar-refractivity contribution in [2.24, 2.45) is 11.8 Å². The molecule has 3 aliphatic rings. The van der Waals surface area contributed by atoms with Crippen LogP contribution in [0.3, 0.4) is 0 Å². The van der Waals surface area contributed by atoms with E-state index in [2.05, 4.69) is 18.8 Å². The van der Waals surface area contributed by atoms with Gasteiger partial charge in [-0.2, -0.15) is 13.2 Å². The van der Waals surface area contributed by atoms with Gasteiger partial charge in [-0.05, 0) is 128 Å². The second kappa shape index (κ2) is 15.7. The van der Waals surface area contributed by atoms with E-state index < -0.39 is 29.0 Å². The van der Waals surface area contributed by atoms with E-state index in [9.17, 15) is 22.8 Å². The zero-order chi connectivity index (χ0) is 38.1. The molecule has 1 fully saturated rings. The Hall–Kier alpha value is -3.54. The highest BCUT2D eigenvalue weighted by Gasteiger charge is 2.60. The van der Waals surface area contributed by atoms with Crippen molar-refractivity contribution in [2.45, 2.75) is 94.7 Å². The maximum Gasteiger partial charge on any atom is 0.471 e. The highest BCUT2D eigenvalue weighted by molar-refractivity contribution is 6.32. The van der Waals surface area contributed by atoms with Crippen LogP contribution in [0.15, 0.2) is 48.7 Å². The summed E-state index contributed by atoms with van der Waals surface area (Å²) in [5.41, 5.74) is 1.59. The molecule has 13 heteroatoms. The molecule has 3 atom stereocenters. The average Bonchev–Trinajstić information content (AvgIpc) is 3.40. The van der Waals surface area contributed by atoms with E-state index in [1.165, 1.54) is 36.9 Å². The molecule has 2 aromatic carbocycles. The first-order valence-corrected chi connectivity index (χ1v) is 18.8. The van der Waals surface area contributed by atoms with Gasteiger partial charge in [0.15, 0.2) is 6.79 Å². The number of methoxy groups -OCH3 is 2. The lowest BCUT2D eigenvalue weighted by Crippen LogP contribution is -2.63. The second-order valence-electron chi connectivity index (χ2n) is 14.8. The first kappa shape index (κ1) is 39.2. The lowest BCUT2D eigenvalue weighted by atomic mass is 9.59. The molecule has 0 saturated heterocycles. The van der Waals surface area contributed by atoms with Crippen LogP contribution in [-0.4, -0.2) is 56.2 Å². The first-order chi connectivity index (χ1) is 25.2. The Labute approximate surface area is 318 Å². The first-order valence-electron chi connectivity index (χ1n) is 18.0. The fourth-order valence-corrected chi connectivity index (χ4v) is 9.53. The van der Waals surface area contributed by atoms with E-state index in [0.717, 1.165) is 55.4 Å². The quantitative estimate of drug-likeness (QED) is 0.142. The molecular formula is C40H45Cl2F3N2O6. The molecule has 0 radical (unpaired) electrons. The van der Waals surface area contributed by atoms with Crippen molar-refractivity contribution in [3.05, 3.63) is 81.1 Å². The van der Waals surface area contributed by atoms with Gasteiger partial charge >= 0.3 is 18.1 Å². The molecule has 6 rings (SSSR count). The summed E-state index contributed by atoms with van der Waals surface area (Å²) in [6.07, 6.45) is 1.44. The molecule has 1 amide bonds. The van der Waals surface area contributed by atoms with Crippen molar-refractivity contribution >= 4 is 40.8 Å². The van der Waals surface area contributed by atoms with Crippen molar-refractivity contribution in [2.75, 3.05) is 32.5 Å². The van der Waals surface area contributed by atoms with Gasteiger partial charge in [-0.1, -0.05) is 43.1 Å². The highest BCUT2D eigenvalue weighted by atomic mass is 35.5.